The van der Waals surface area contributed by atoms with Crippen molar-refractivity contribution in [3.63, 3.8) is 0 Å². The molecule has 7 N–H and O–H groups in total. The number of thioether (sulfide) groups is 1. The quantitative estimate of drug-likeness (QED) is 0.141. The fourth-order valence-electron chi connectivity index (χ4n) is 5.99. The van der Waals surface area contributed by atoms with Crippen LogP contribution in [0.25, 0.3) is 0 Å². The monoisotopic (exact) mass is 773 g/mol. The van der Waals surface area contributed by atoms with Gasteiger partial charge in [0.2, 0.25) is 41.4 Å². The zero-order valence-electron chi connectivity index (χ0n) is 32.7. The molecule has 2 rings (SSSR count). The predicted molar refractivity (Wildman–Crippen MR) is 211 cm³/mol. The SMILES string of the molecule is CCCC[C@@H]1NC(=O)[C@H](CCCC)NC(=O)[C@H](CCCC)NC(=O)[C@@H](Cc2ccccc2)NC(=O)CSC[C@H](C(=O)NC)NC(=O)[C@H](CCCC)NC1=O. The maximum atomic E-state index is 13.9. The molecule has 0 aliphatic carbocycles. The number of likely N-dealkylation sites (N-methyl/N-ethyl adjacent to an activating group) is 1. The molecule has 1 aliphatic rings. The van der Waals surface area contributed by atoms with Gasteiger partial charge in [0.05, 0.1) is 5.75 Å². The van der Waals surface area contributed by atoms with E-state index in [9.17, 15) is 33.6 Å². The second-order valence-corrected chi connectivity index (χ2v) is 14.8. The highest BCUT2D eigenvalue weighted by molar-refractivity contribution is 8.00. The van der Waals surface area contributed by atoms with E-state index >= 15 is 0 Å². The second-order valence-electron chi connectivity index (χ2n) is 13.8. The minimum Gasteiger partial charge on any atom is -0.357 e. The average Bonchev–Trinajstić information content (AvgIpc) is 3.16. The van der Waals surface area contributed by atoms with Gasteiger partial charge in [-0.3, -0.25) is 33.6 Å². The summed E-state index contributed by atoms with van der Waals surface area (Å²) in [4.78, 5) is 95.3. The van der Waals surface area contributed by atoms with E-state index in [4.69, 9.17) is 0 Å². The molecule has 1 aromatic carbocycles. The predicted octanol–water partition coefficient (Wildman–Crippen LogP) is 2.39. The van der Waals surface area contributed by atoms with E-state index < -0.39 is 77.6 Å². The molecule has 14 nitrogen and oxygen atoms in total. The van der Waals surface area contributed by atoms with Gasteiger partial charge in [0.1, 0.15) is 36.3 Å². The van der Waals surface area contributed by atoms with Crippen LogP contribution in [0.2, 0.25) is 0 Å². The number of hydrogen-bond acceptors (Lipinski definition) is 8. The molecular weight excluding hydrogens is 711 g/mol. The highest BCUT2D eigenvalue weighted by atomic mass is 32.2. The molecule has 1 fully saturated rings. The van der Waals surface area contributed by atoms with Gasteiger partial charge in [-0.05, 0) is 31.2 Å². The Labute approximate surface area is 325 Å². The summed E-state index contributed by atoms with van der Waals surface area (Å²) in [7, 11) is 1.44. The van der Waals surface area contributed by atoms with Crippen LogP contribution in [-0.4, -0.2) is 96.2 Å². The average molecular weight is 774 g/mol. The summed E-state index contributed by atoms with van der Waals surface area (Å²) >= 11 is 1.11. The molecule has 1 aromatic rings. The van der Waals surface area contributed by atoms with Gasteiger partial charge >= 0.3 is 0 Å². The number of hydrogen-bond donors (Lipinski definition) is 7. The van der Waals surface area contributed by atoms with Gasteiger partial charge in [-0.15, -0.1) is 11.8 Å². The highest BCUT2D eigenvalue weighted by Crippen LogP contribution is 2.12. The van der Waals surface area contributed by atoms with E-state index in [0.29, 0.717) is 51.4 Å². The number of benzene rings is 1. The van der Waals surface area contributed by atoms with E-state index in [0.717, 1.165) is 43.0 Å². The number of carbonyl (C=O) groups is 7. The summed E-state index contributed by atoms with van der Waals surface area (Å²) < 4.78 is 0. The lowest BCUT2D eigenvalue weighted by atomic mass is 10.0. The first-order valence-electron chi connectivity index (χ1n) is 19.6. The molecule has 1 aliphatic heterocycles. The summed E-state index contributed by atoms with van der Waals surface area (Å²) in [5.74, 6) is -3.77. The van der Waals surface area contributed by atoms with E-state index in [2.05, 4.69) is 37.2 Å². The first kappa shape index (κ1) is 46.0. The summed E-state index contributed by atoms with van der Waals surface area (Å²) in [6, 6.07) is 3.17. The van der Waals surface area contributed by atoms with Gasteiger partial charge < -0.3 is 37.2 Å². The van der Waals surface area contributed by atoms with Gasteiger partial charge in [0.15, 0.2) is 0 Å². The molecule has 0 radical (unpaired) electrons. The standard InChI is InChI=1S/C39H63N7O7S/c1-6-10-19-27-35(49)42-28(20-11-7-2)36(50)44-30(22-13-9-4)38(52)46-32(34(48)40-5)24-54-25-33(47)41-31(23-26-17-15-14-16-18-26)39(53)45-29(21-12-8-3)37(51)43-27/h14-18,27-32H,6-13,19-25H2,1-5H3,(H,40,48)(H,41,47)(H,42,49)(H,43,51)(H,44,50)(H,45,53)(H,46,52)/t27-,28-,29-,30-,31+,32+/m0/s1. The lowest BCUT2D eigenvalue weighted by Gasteiger charge is -2.27. The topological polar surface area (TPSA) is 204 Å². The minimum atomic E-state index is -1.03. The van der Waals surface area contributed by atoms with Gasteiger partial charge in [0.25, 0.3) is 0 Å². The van der Waals surface area contributed by atoms with Crippen molar-refractivity contribution in [2.24, 2.45) is 0 Å². The Balaban J connectivity index is 2.58. The zero-order chi connectivity index (χ0) is 39.9. The number of carbonyl (C=O) groups excluding carboxylic acids is 7. The maximum Gasteiger partial charge on any atom is 0.243 e. The van der Waals surface area contributed by atoms with Crippen LogP contribution in [0.15, 0.2) is 30.3 Å². The molecule has 0 saturated carbocycles. The van der Waals surface area contributed by atoms with Crippen LogP contribution >= 0.6 is 11.8 Å². The molecule has 0 aromatic heterocycles. The van der Waals surface area contributed by atoms with Crippen LogP contribution in [0.4, 0.5) is 0 Å². The maximum absolute atomic E-state index is 13.9. The first-order valence-corrected chi connectivity index (χ1v) is 20.8. The molecule has 1 heterocycles. The van der Waals surface area contributed by atoms with Gasteiger partial charge in [-0.2, -0.15) is 0 Å². The van der Waals surface area contributed by atoms with Crippen molar-refractivity contribution in [3.8, 4) is 0 Å². The van der Waals surface area contributed by atoms with Crippen molar-refractivity contribution >= 4 is 53.1 Å². The third-order valence-corrected chi connectivity index (χ3v) is 10.3. The minimum absolute atomic E-state index is 0.0381. The van der Waals surface area contributed by atoms with Crippen molar-refractivity contribution in [2.45, 2.75) is 147 Å². The number of amides is 7. The highest BCUT2D eigenvalue weighted by Gasteiger charge is 2.33. The number of rotatable bonds is 15. The van der Waals surface area contributed by atoms with E-state index in [1.54, 1.807) is 0 Å². The Morgan fingerprint density at radius 1 is 0.593 bits per heavy atom. The normalized spacial score (nSPS) is 24.1. The zero-order valence-corrected chi connectivity index (χ0v) is 33.5. The number of nitrogens with one attached hydrogen (secondary N) is 7. The molecule has 7 amide bonds. The van der Waals surface area contributed by atoms with Crippen LogP contribution in [0.3, 0.4) is 0 Å². The van der Waals surface area contributed by atoms with Crippen molar-refractivity contribution in [1.82, 2.24) is 37.2 Å². The fraction of sp³-hybridized carbons (Fsp3) is 0.667. The summed E-state index contributed by atoms with van der Waals surface area (Å²) in [6.45, 7) is 7.85. The first-order chi connectivity index (χ1) is 26.0. The van der Waals surface area contributed by atoms with Crippen LogP contribution in [0, 0.1) is 0 Å². The Morgan fingerprint density at radius 2 is 0.981 bits per heavy atom. The molecular formula is C39H63N7O7S. The molecule has 302 valence electrons. The Morgan fingerprint density at radius 3 is 1.37 bits per heavy atom. The molecule has 54 heavy (non-hydrogen) atoms. The lowest BCUT2D eigenvalue weighted by Crippen LogP contribution is -2.59. The smallest absolute Gasteiger partial charge is 0.243 e. The van der Waals surface area contributed by atoms with Gasteiger partial charge in [-0.25, -0.2) is 0 Å². The van der Waals surface area contributed by atoms with Crippen LogP contribution < -0.4 is 37.2 Å². The largest absolute Gasteiger partial charge is 0.357 e. The van der Waals surface area contributed by atoms with Crippen molar-refractivity contribution in [2.75, 3.05) is 18.6 Å². The van der Waals surface area contributed by atoms with Crippen molar-refractivity contribution in [1.29, 1.82) is 0 Å². The summed E-state index contributed by atoms with van der Waals surface area (Å²) in [6.07, 6.45) is 6.85. The van der Waals surface area contributed by atoms with Crippen LogP contribution in [0.1, 0.15) is 110 Å². The molecule has 0 unspecified atom stereocenters. The molecule has 1 saturated heterocycles. The van der Waals surface area contributed by atoms with E-state index in [1.807, 2.05) is 58.0 Å². The molecule has 0 spiro atoms. The Kier molecular flexibility index (Phi) is 22.0. The molecule has 6 atom stereocenters. The van der Waals surface area contributed by atoms with Crippen LogP contribution in [0.5, 0.6) is 0 Å². The Hall–Kier alpha value is -4.14. The summed E-state index contributed by atoms with van der Waals surface area (Å²) in [5.41, 5.74) is 0.794. The van der Waals surface area contributed by atoms with E-state index in [1.165, 1.54) is 7.05 Å². The lowest BCUT2D eigenvalue weighted by molar-refractivity contribution is -0.135. The molecule has 0 bridgehead atoms. The van der Waals surface area contributed by atoms with E-state index in [-0.39, 0.29) is 17.9 Å². The Bertz CT molecular complexity index is 1370. The second kappa shape index (κ2) is 25.8. The van der Waals surface area contributed by atoms with Crippen molar-refractivity contribution < 1.29 is 33.6 Å². The fourth-order valence-corrected chi connectivity index (χ4v) is 6.85. The summed E-state index contributed by atoms with van der Waals surface area (Å²) in [5, 5.41) is 19.5. The third kappa shape index (κ3) is 16.5. The van der Waals surface area contributed by atoms with Gasteiger partial charge in [-0.1, -0.05) is 109 Å². The van der Waals surface area contributed by atoms with Crippen LogP contribution in [-0.2, 0) is 40.0 Å². The number of unbranched alkanes of at least 4 members (excludes halogenated alkanes) is 4. The van der Waals surface area contributed by atoms with Crippen molar-refractivity contribution in [3.05, 3.63) is 35.9 Å². The third-order valence-electron chi connectivity index (χ3n) is 9.25. The molecule has 15 heteroatoms. The van der Waals surface area contributed by atoms with Gasteiger partial charge in [0, 0.05) is 19.2 Å².